The van der Waals surface area contributed by atoms with E-state index in [1.807, 2.05) is 14.0 Å². The maximum absolute atomic E-state index is 12.5. The van der Waals surface area contributed by atoms with E-state index in [-0.39, 0.29) is 18.4 Å². The molecule has 1 aromatic rings. The van der Waals surface area contributed by atoms with Crippen molar-refractivity contribution in [2.75, 3.05) is 34.4 Å². The first-order valence-corrected chi connectivity index (χ1v) is 7.38. The molecule has 2 N–H and O–H groups in total. The number of rotatable bonds is 5. The van der Waals surface area contributed by atoms with Gasteiger partial charge in [-0.15, -0.1) is 0 Å². The van der Waals surface area contributed by atoms with Crippen molar-refractivity contribution in [2.45, 2.75) is 19.6 Å². The van der Waals surface area contributed by atoms with Crippen LogP contribution in [0.25, 0.3) is 0 Å². The average Bonchev–Trinajstić information content (AvgIpc) is 2.53. The molecule has 22 heavy (non-hydrogen) atoms. The summed E-state index contributed by atoms with van der Waals surface area (Å²) in [4.78, 5) is 14.2. The Hall–Kier alpha value is -1.79. The number of hydrogen-bond acceptors (Lipinski definition) is 5. The lowest BCUT2D eigenvalue weighted by molar-refractivity contribution is -0.137. The molecule has 2 unspecified atom stereocenters. The van der Waals surface area contributed by atoms with Crippen molar-refractivity contribution < 1.29 is 19.4 Å². The first kappa shape index (κ1) is 16.6. The van der Waals surface area contributed by atoms with Gasteiger partial charge >= 0.3 is 0 Å². The van der Waals surface area contributed by atoms with Crippen LogP contribution in [0.4, 0.5) is 0 Å². The number of carbonyl (C=O) groups excluding carboxylic acids is 1. The number of methoxy groups -OCH3 is 2. The van der Waals surface area contributed by atoms with Crippen LogP contribution < -0.4 is 14.8 Å². The van der Waals surface area contributed by atoms with Crippen molar-refractivity contribution in [3.8, 4) is 11.5 Å². The number of hydrogen-bond donors (Lipinski definition) is 2. The minimum absolute atomic E-state index is 0.0175. The number of β-amino-alcohol motifs (C(OH)–C–C–N with tert-alkyl or cyclic N) is 1. The molecule has 1 aliphatic rings. The second-order valence-electron chi connectivity index (χ2n) is 5.56. The molecule has 1 aliphatic heterocycles. The molecule has 1 heterocycles. The Balaban J connectivity index is 2.34. The first-order valence-electron chi connectivity index (χ1n) is 7.38. The van der Waals surface area contributed by atoms with Crippen LogP contribution in [0.3, 0.4) is 0 Å². The van der Waals surface area contributed by atoms with Gasteiger partial charge in [-0.1, -0.05) is 6.92 Å². The van der Waals surface area contributed by atoms with Crippen molar-refractivity contribution >= 4 is 5.91 Å². The van der Waals surface area contributed by atoms with Crippen molar-refractivity contribution in [1.29, 1.82) is 0 Å². The molecule has 6 heteroatoms. The lowest BCUT2D eigenvalue weighted by atomic mass is 9.94. The quantitative estimate of drug-likeness (QED) is 0.847. The fourth-order valence-corrected chi connectivity index (χ4v) is 2.95. The Morgan fingerprint density at radius 2 is 2.05 bits per heavy atom. The highest BCUT2D eigenvalue weighted by Gasteiger charge is 2.33. The van der Waals surface area contributed by atoms with E-state index in [4.69, 9.17) is 9.47 Å². The maximum Gasteiger partial charge on any atom is 0.227 e. The van der Waals surface area contributed by atoms with Crippen LogP contribution in [0.1, 0.15) is 24.2 Å². The summed E-state index contributed by atoms with van der Waals surface area (Å²) in [7, 11) is 4.97. The fourth-order valence-electron chi connectivity index (χ4n) is 2.95. The van der Waals surface area contributed by atoms with Crippen molar-refractivity contribution in [2.24, 2.45) is 5.92 Å². The minimum atomic E-state index is -0.778. The molecule has 0 bridgehead atoms. The van der Waals surface area contributed by atoms with Gasteiger partial charge < -0.3 is 24.8 Å². The van der Waals surface area contributed by atoms with Crippen LogP contribution in [-0.4, -0.2) is 50.3 Å². The molecule has 0 radical (unpaired) electrons. The van der Waals surface area contributed by atoms with E-state index >= 15 is 0 Å². The molecule has 122 valence electrons. The third kappa shape index (κ3) is 3.03. The zero-order valence-corrected chi connectivity index (χ0v) is 13.5. The Morgan fingerprint density at radius 3 is 2.64 bits per heavy atom. The molecule has 0 saturated heterocycles. The molecule has 0 spiro atoms. The number of aliphatic hydroxyl groups excluding tert-OH is 1. The SMILES string of the molecule is CNCC(C)C(=O)N1Cc2c(OC)ccc(OC)c2C(O)C1. The number of amides is 1. The standard InChI is InChI=1S/C16H24N2O4/c1-10(7-17-2)16(20)18-8-11-13(21-3)5-6-14(22-4)15(11)12(19)9-18/h5-6,10,12,17,19H,7-9H2,1-4H3. The molecule has 1 amide bonds. The van der Waals surface area contributed by atoms with Gasteiger partial charge in [0.25, 0.3) is 0 Å². The molecule has 1 aromatic carbocycles. The summed E-state index contributed by atoms with van der Waals surface area (Å²) >= 11 is 0. The van der Waals surface area contributed by atoms with Gasteiger partial charge in [0.15, 0.2) is 0 Å². The number of nitrogens with zero attached hydrogens (tertiary/aromatic N) is 1. The van der Waals surface area contributed by atoms with Crippen molar-refractivity contribution in [3.63, 3.8) is 0 Å². The second kappa shape index (κ2) is 6.98. The topological polar surface area (TPSA) is 71.0 Å². The fraction of sp³-hybridized carbons (Fsp3) is 0.562. The van der Waals surface area contributed by atoms with Gasteiger partial charge in [-0.2, -0.15) is 0 Å². The molecule has 6 nitrogen and oxygen atoms in total. The third-order valence-electron chi connectivity index (χ3n) is 4.03. The molecule has 2 rings (SSSR count). The molecular weight excluding hydrogens is 284 g/mol. The van der Waals surface area contributed by atoms with Crippen LogP contribution in [0, 0.1) is 5.92 Å². The summed E-state index contributed by atoms with van der Waals surface area (Å²) in [5.41, 5.74) is 1.53. The monoisotopic (exact) mass is 308 g/mol. The van der Waals surface area contributed by atoms with E-state index in [9.17, 15) is 9.90 Å². The Kier molecular flexibility index (Phi) is 5.26. The van der Waals surface area contributed by atoms with Gasteiger partial charge in [0.2, 0.25) is 5.91 Å². The largest absolute Gasteiger partial charge is 0.496 e. The normalized spacial score (nSPS) is 18.6. The lowest BCUT2D eigenvalue weighted by Crippen LogP contribution is -2.43. The van der Waals surface area contributed by atoms with E-state index in [1.54, 1.807) is 31.3 Å². The number of nitrogens with one attached hydrogen (secondary N) is 1. The van der Waals surface area contributed by atoms with Gasteiger partial charge in [-0.05, 0) is 19.2 Å². The zero-order valence-electron chi connectivity index (χ0n) is 13.5. The van der Waals surface area contributed by atoms with E-state index in [0.29, 0.717) is 30.2 Å². The average molecular weight is 308 g/mol. The minimum Gasteiger partial charge on any atom is -0.496 e. The molecule has 0 fully saturated rings. The Morgan fingerprint density at radius 1 is 1.41 bits per heavy atom. The summed E-state index contributed by atoms with van der Waals surface area (Å²) in [6, 6.07) is 3.58. The molecular formula is C16H24N2O4. The van der Waals surface area contributed by atoms with Crippen LogP contribution in [0.15, 0.2) is 12.1 Å². The first-order chi connectivity index (χ1) is 10.5. The van der Waals surface area contributed by atoms with Gasteiger partial charge in [-0.25, -0.2) is 0 Å². The Labute approximate surface area is 131 Å². The molecule has 2 atom stereocenters. The summed E-state index contributed by atoms with van der Waals surface area (Å²) in [6.45, 7) is 3.17. The number of fused-ring (bicyclic) bond motifs is 1. The maximum atomic E-state index is 12.5. The highest BCUT2D eigenvalue weighted by atomic mass is 16.5. The zero-order chi connectivity index (χ0) is 16.3. The summed E-state index contributed by atoms with van der Waals surface area (Å²) in [6.07, 6.45) is -0.778. The molecule has 0 aliphatic carbocycles. The summed E-state index contributed by atoms with van der Waals surface area (Å²) in [5.74, 6) is 1.16. The van der Waals surface area contributed by atoms with Crippen LogP contribution >= 0.6 is 0 Å². The van der Waals surface area contributed by atoms with E-state index < -0.39 is 6.10 Å². The lowest BCUT2D eigenvalue weighted by Gasteiger charge is -2.35. The molecule has 0 aromatic heterocycles. The van der Waals surface area contributed by atoms with E-state index in [1.165, 1.54) is 0 Å². The van der Waals surface area contributed by atoms with Crippen LogP contribution in [0.2, 0.25) is 0 Å². The molecule has 0 saturated carbocycles. The van der Waals surface area contributed by atoms with Crippen LogP contribution in [-0.2, 0) is 11.3 Å². The second-order valence-corrected chi connectivity index (χ2v) is 5.56. The van der Waals surface area contributed by atoms with Gasteiger partial charge in [-0.3, -0.25) is 4.79 Å². The van der Waals surface area contributed by atoms with Gasteiger partial charge in [0.05, 0.1) is 20.8 Å². The van der Waals surface area contributed by atoms with Crippen LogP contribution in [0.5, 0.6) is 11.5 Å². The van der Waals surface area contributed by atoms with Gasteiger partial charge in [0, 0.05) is 30.1 Å². The predicted molar refractivity (Wildman–Crippen MR) is 83.0 cm³/mol. The third-order valence-corrected chi connectivity index (χ3v) is 4.03. The predicted octanol–water partition coefficient (Wildman–Crippen LogP) is 0.935. The van der Waals surface area contributed by atoms with Gasteiger partial charge in [0.1, 0.15) is 17.6 Å². The van der Waals surface area contributed by atoms with E-state index in [0.717, 1.165) is 5.56 Å². The number of carbonyl (C=O) groups is 1. The Bertz CT molecular complexity index is 547. The highest BCUT2D eigenvalue weighted by Crippen LogP contribution is 2.39. The summed E-state index contributed by atoms with van der Waals surface area (Å²) < 4.78 is 10.7. The highest BCUT2D eigenvalue weighted by molar-refractivity contribution is 5.79. The smallest absolute Gasteiger partial charge is 0.227 e. The summed E-state index contributed by atoms with van der Waals surface area (Å²) in [5, 5.41) is 13.5. The number of benzene rings is 1. The number of aliphatic hydroxyl groups is 1. The van der Waals surface area contributed by atoms with Crippen molar-refractivity contribution in [1.82, 2.24) is 10.2 Å². The number of ether oxygens (including phenoxy) is 2. The van der Waals surface area contributed by atoms with E-state index in [2.05, 4.69) is 5.32 Å². The van der Waals surface area contributed by atoms with Crippen molar-refractivity contribution in [3.05, 3.63) is 23.3 Å².